The van der Waals surface area contributed by atoms with E-state index in [1.165, 1.54) is 25.3 Å². The Bertz CT molecular complexity index is 789. The SMILES string of the molecule is COC(=O)Nc1ccc(NC(=O)c2cccc([N+](=O)[O-])c2N)cc1. The molecule has 0 unspecified atom stereocenters. The number of ether oxygens (including phenoxy) is 1. The standard InChI is InChI=1S/C15H14N4O5/c1-24-15(21)18-10-7-5-9(6-8-10)17-14(20)11-3-2-4-12(13(11)16)19(22)23/h2-8H,16H2,1H3,(H,17,20)(H,18,21). The largest absolute Gasteiger partial charge is 0.453 e. The van der Waals surface area contributed by atoms with Gasteiger partial charge >= 0.3 is 6.09 Å². The maximum atomic E-state index is 12.2. The van der Waals surface area contributed by atoms with E-state index in [4.69, 9.17) is 5.73 Å². The molecule has 0 saturated carbocycles. The van der Waals surface area contributed by atoms with E-state index >= 15 is 0 Å². The zero-order chi connectivity index (χ0) is 17.7. The van der Waals surface area contributed by atoms with E-state index in [0.29, 0.717) is 11.4 Å². The molecule has 9 nitrogen and oxygen atoms in total. The normalized spacial score (nSPS) is 9.88. The van der Waals surface area contributed by atoms with Crippen LogP contribution in [0, 0.1) is 10.1 Å². The molecule has 0 aliphatic carbocycles. The molecule has 0 saturated heterocycles. The monoisotopic (exact) mass is 330 g/mol. The number of methoxy groups -OCH3 is 1. The summed E-state index contributed by atoms with van der Waals surface area (Å²) in [4.78, 5) is 33.5. The van der Waals surface area contributed by atoms with Gasteiger partial charge in [0.05, 0.1) is 17.6 Å². The molecule has 4 N–H and O–H groups in total. The number of hydrogen-bond acceptors (Lipinski definition) is 6. The zero-order valence-corrected chi connectivity index (χ0v) is 12.6. The molecule has 0 aromatic heterocycles. The molecule has 0 aliphatic rings. The number of nitrogens with zero attached hydrogens (tertiary/aromatic N) is 1. The third kappa shape index (κ3) is 3.77. The Hall–Kier alpha value is -3.62. The second-order valence-electron chi connectivity index (χ2n) is 4.64. The van der Waals surface area contributed by atoms with Gasteiger partial charge in [-0.1, -0.05) is 6.07 Å². The maximum Gasteiger partial charge on any atom is 0.411 e. The Morgan fingerprint density at radius 2 is 1.67 bits per heavy atom. The summed E-state index contributed by atoms with van der Waals surface area (Å²) in [6.45, 7) is 0. The van der Waals surface area contributed by atoms with Crippen LogP contribution in [-0.2, 0) is 4.74 Å². The number of hydrogen-bond donors (Lipinski definition) is 3. The summed E-state index contributed by atoms with van der Waals surface area (Å²) in [5, 5.41) is 15.9. The number of anilines is 3. The van der Waals surface area contributed by atoms with Crippen LogP contribution in [-0.4, -0.2) is 24.0 Å². The summed E-state index contributed by atoms with van der Waals surface area (Å²) in [7, 11) is 1.24. The highest BCUT2D eigenvalue weighted by Crippen LogP contribution is 2.25. The fourth-order valence-corrected chi connectivity index (χ4v) is 1.91. The van der Waals surface area contributed by atoms with Crippen LogP contribution in [0.3, 0.4) is 0 Å². The summed E-state index contributed by atoms with van der Waals surface area (Å²) in [5.41, 5.74) is 6.05. The average Bonchev–Trinajstić information content (AvgIpc) is 2.56. The first-order valence-corrected chi connectivity index (χ1v) is 6.71. The molecule has 2 rings (SSSR count). The van der Waals surface area contributed by atoms with E-state index in [9.17, 15) is 19.7 Å². The summed E-state index contributed by atoms with van der Waals surface area (Å²) in [6.07, 6.45) is -0.615. The quantitative estimate of drug-likeness (QED) is 0.448. The number of nitro benzene ring substituents is 1. The molecule has 2 amide bonds. The van der Waals surface area contributed by atoms with Crippen molar-refractivity contribution in [1.29, 1.82) is 0 Å². The lowest BCUT2D eigenvalue weighted by atomic mass is 10.1. The Morgan fingerprint density at radius 1 is 1.08 bits per heavy atom. The third-order valence-corrected chi connectivity index (χ3v) is 3.10. The number of nitro groups is 1. The number of benzene rings is 2. The fraction of sp³-hybridized carbons (Fsp3) is 0.0667. The minimum absolute atomic E-state index is 0.000891. The van der Waals surface area contributed by atoms with Gasteiger partial charge in [-0.25, -0.2) is 4.79 Å². The van der Waals surface area contributed by atoms with Crippen LogP contribution in [0.2, 0.25) is 0 Å². The van der Waals surface area contributed by atoms with E-state index in [1.54, 1.807) is 24.3 Å². The first-order chi connectivity index (χ1) is 11.4. The fourth-order valence-electron chi connectivity index (χ4n) is 1.91. The predicted molar refractivity (Wildman–Crippen MR) is 87.9 cm³/mol. The van der Waals surface area contributed by atoms with E-state index in [1.807, 2.05) is 0 Å². The van der Waals surface area contributed by atoms with Gasteiger partial charge in [-0.15, -0.1) is 0 Å². The molecule has 0 fully saturated rings. The van der Waals surface area contributed by atoms with Crippen molar-refractivity contribution in [3.05, 3.63) is 58.1 Å². The molecule has 0 radical (unpaired) electrons. The van der Waals surface area contributed by atoms with Crippen molar-refractivity contribution in [2.45, 2.75) is 0 Å². The van der Waals surface area contributed by atoms with Crippen LogP contribution in [0.5, 0.6) is 0 Å². The number of nitrogen functional groups attached to an aromatic ring is 1. The zero-order valence-electron chi connectivity index (χ0n) is 12.6. The van der Waals surface area contributed by atoms with Crippen LogP contribution in [0.15, 0.2) is 42.5 Å². The van der Waals surface area contributed by atoms with Crippen LogP contribution < -0.4 is 16.4 Å². The summed E-state index contributed by atoms with van der Waals surface area (Å²) in [6, 6.07) is 10.2. The number of nitrogens with two attached hydrogens (primary N) is 1. The summed E-state index contributed by atoms with van der Waals surface area (Å²) >= 11 is 0. The molecule has 0 heterocycles. The first-order valence-electron chi connectivity index (χ1n) is 6.71. The highest BCUT2D eigenvalue weighted by atomic mass is 16.6. The van der Waals surface area contributed by atoms with Gasteiger partial charge in [0.1, 0.15) is 5.69 Å². The molecule has 0 bridgehead atoms. The lowest BCUT2D eigenvalue weighted by Gasteiger charge is -2.09. The van der Waals surface area contributed by atoms with Crippen molar-refractivity contribution in [3.63, 3.8) is 0 Å². The van der Waals surface area contributed by atoms with Gasteiger partial charge in [-0.3, -0.25) is 20.2 Å². The predicted octanol–water partition coefficient (Wildman–Crippen LogP) is 2.61. The number of rotatable bonds is 4. The van der Waals surface area contributed by atoms with Gasteiger partial charge in [0.2, 0.25) is 0 Å². The molecular weight excluding hydrogens is 316 g/mol. The second-order valence-corrected chi connectivity index (χ2v) is 4.64. The van der Waals surface area contributed by atoms with Crippen molar-refractivity contribution in [2.24, 2.45) is 0 Å². The van der Waals surface area contributed by atoms with Crippen LogP contribution in [0.25, 0.3) is 0 Å². The molecule has 0 spiro atoms. The van der Waals surface area contributed by atoms with Crippen molar-refractivity contribution < 1.29 is 19.2 Å². The average molecular weight is 330 g/mol. The Kier molecular flexibility index (Phi) is 4.95. The summed E-state index contributed by atoms with van der Waals surface area (Å²) in [5.74, 6) is -0.579. The highest BCUT2D eigenvalue weighted by Gasteiger charge is 2.19. The van der Waals surface area contributed by atoms with E-state index < -0.39 is 16.9 Å². The topological polar surface area (TPSA) is 137 Å². The number of carbonyl (C=O) groups excluding carboxylic acids is 2. The Balaban J connectivity index is 2.14. The Labute approximate surface area is 136 Å². The van der Waals surface area contributed by atoms with Crippen molar-refractivity contribution in [1.82, 2.24) is 0 Å². The molecule has 2 aromatic carbocycles. The van der Waals surface area contributed by atoms with Crippen molar-refractivity contribution in [2.75, 3.05) is 23.5 Å². The van der Waals surface area contributed by atoms with Crippen LogP contribution in [0.1, 0.15) is 10.4 Å². The molecule has 0 atom stereocenters. The molecule has 0 aliphatic heterocycles. The molecule has 24 heavy (non-hydrogen) atoms. The van der Waals surface area contributed by atoms with Gasteiger partial charge < -0.3 is 15.8 Å². The minimum atomic E-state index is -0.653. The van der Waals surface area contributed by atoms with Gasteiger partial charge in [0.15, 0.2) is 0 Å². The van der Waals surface area contributed by atoms with Crippen molar-refractivity contribution in [3.8, 4) is 0 Å². The Morgan fingerprint density at radius 3 is 2.21 bits per heavy atom. The maximum absolute atomic E-state index is 12.2. The molecule has 124 valence electrons. The van der Waals surface area contributed by atoms with Gasteiger partial charge in [0.25, 0.3) is 11.6 Å². The molecule has 2 aromatic rings. The first kappa shape index (κ1) is 16.7. The van der Waals surface area contributed by atoms with Crippen LogP contribution in [0.4, 0.5) is 27.5 Å². The van der Waals surface area contributed by atoms with Gasteiger partial charge in [0, 0.05) is 17.4 Å². The number of para-hydroxylation sites is 1. The summed E-state index contributed by atoms with van der Waals surface area (Å²) < 4.78 is 4.46. The van der Waals surface area contributed by atoms with E-state index in [0.717, 1.165) is 0 Å². The van der Waals surface area contributed by atoms with E-state index in [-0.39, 0.29) is 16.9 Å². The highest BCUT2D eigenvalue weighted by molar-refractivity contribution is 6.09. The smallest absolute Gasteiger partial charge is 0.411 e. The third-order valence-electron chi connectivity index (χ3n) is 3.10. The van der Waals surface area contributed by atoms with Gasteiger partial charge in [-0.2, -0.15) is 0 Å². The lowest BCUT2D eigenvalue weighted by molar-refractivity contribution is -0.383. The van der Waals surface area contributed by atoms with Crippen molar-refractivity contribution >= 4 is 34.7 Å². The number of carbonyl (C=O) groups is 2. The lowest BCUT2D eigenvalue weighted by Crippen LogP contribution is -2.15. The van der Waals surface area contributed by atoms with Gasteiger partial charge in [-0.05, 0) is 30.3 Å². The molecular formula is C15H14N4O5. The number of amides is 2. The van der Waals surface area contributed by atoms with E-state index in [2.05, 4.69) is 15.4 Å². The second kappa shape index (κ2) is 7.09. The molecule has 9 heteroatoms. The number of nitrogens with one attached hydrogen (secondary N) is 2. The minimum Gasteiger partial charge on any atom is -0.453 e. The van der Waals surface area contributed by atoms with Crippen LogP contribution >= 0.6 is 0 Å².